The van der Waals surface area contributed by atoms with Gasteiger partial charge in [0, 0.05) is 19.0 Å². The molecule has 0 N–H and O–H groups in total. The molecule has 5 heteroatoms. The van der Waals surface area contributed by atoms with Gasteiger partial charge in [0.15, 0.2) is 0 Å². The van der Waals surface area contributed by atoms with E-state index in [1.807, 2.05) is 30.3 Å². The first-order valence-corrected chi connectivity index (χ1v) is 8.99. The fourth-order valence-corrected chi connectivity index (χ4v) is 2.86. The van der Waals surface area contributed by atoms with Gasteiger partial charge in [0.05, 0.1) is 12.5 Å². The first kappa shape index (κ1) is 19.8. The highest BCUT2D eigenvalue weighted by molar-refractivity contribution is 5.73. The molecule has 1 aliphatic rings. The van der Waals surface area contributed by atoms with Gasteiger partial charge in [-0.05, 0) is 24.8 Å². The molecule has 140 valence electrons. The van der Waals surface area contributed by atoms with Crippen LogP contribution in [0.15, 0.2) is 55.6 Å². The third-order valence-corrected chi connectivity index (χ3v) is 4.53. The van der Waals surface area contributed by atoms with Crippen molar-refractivity contribution >= 4 is 12.1 Å². The van der Waals surface area contributed by atoms with Gasteiger partial charge in [0.25, 0.3) is 0 Å². The number of nitrogens with zero attached hydrogens (tertiary/aromatic N) is 1. The van der Waals surface area contributed by atoms with E-state index in [2.05, 4.69) is 13.2 Å². The number of carbonyl (C=O) groups excluding carboxylic acids is 2. The van der Waals surface area contributed by atoms with Crippen LogP contribution in [0.4, 0.5) is 4.79 Å². The lowest BCUT2D eigenvalue weighted by atomic mass is 9.97. The van der Waals surface area contributed by atoms with Gasteiger partial charge in [-0.2, -0.15) is 0 Å². The molecule has 26 heavy (non-hydrogen) atoms. The van der Waals surface area contributed by atoms with Crippen molar-refractivity contribution in [3.63, 3.8) is 0 Å². The third kappa shape index (κ3) is 6.06. The Morgan fingerprint density at radius 1 is 1.15 bits per heavy atom. The Kier molecular flexibility index (Phi) is 7.93. The summed E-state index contributed by atoms with van der Waals surface area (Å²) in [6.07, 6.45) is 5.17. The number of piperidine rings is 1. The molecule has 1 aromatic carbocycles. The lowest BCUT2D eigenvalue weighted by molar-refractivity contribution is -0.151. The van der Waals surface area contributed by atoms with E-state index in [0.717, 1.165) is 12.0 Å². The van der Waals surface area contributed by atoms with Crippen LogP contribution in [-0.4, -0.2) is 36.7 Å². The van der Waals surface area contributed by atoms with E-state index in [-0.39, 0.29) is 30.5 Å². The fraction of sp³-hybridized carbons (Fsp3) is 0.429. The maximum absolute atomic E-state index is 12.2. The molecule has 5 nitrogen and oxygen atoms in total. The van der Waals surface area contributed by atoms with E-state index < -0.39 is 0 Å². The molecule has 0 aliphatic carbocycles. The number of allylic oxidation sites excluding steroid dienone is 1. The third-order valence-electron chi connectivity index (χ3n) is 4.53. The van der Waals surface area contributed by atoms with Crippen LogP contribution in [0.3, 0.4) is 0 Å². The Hall–Kier alpha value is -2.56. The Balaban J connectivity index is 1.70. The van der Waals surface area contributed by atoms with Gasteiger partial charge in [-0.15, -0.1) is 13.2 Å². The molecule has 2 rings (SSSR count). The molecule has 0 spiro atoms. The molecule has 1 fully saturated rings. The Labute approximate surface area is 155 Å². The van der Waals surface area contributed by atoms with Gasteiger partial charge in [-0.1, -0.05) is 42.5 Å². The van der Waals surface area contributed by atoms with Crippen LogP contribution in [0.2, 0.25) is 0 Å². The average Bonchev–Trinajstić information content (AvgIpc) is 2.70. The van der Waals surface area contributed by atoms with Crippen LogP contribution in [0.25, 0.3) is 0 Å². The lowest BCUT2D eigenvalue weighted by Crippen LogP contribution is -2.41. The standard InChI is InChI=1S/C21H27NO4/c1-3-8-17(4-2)15-25-20(23)19-11-13-22(14-12-19)21(24)26-16-18-9-6-5-7-10-18/h3-7,9-10,17,19H,1-2,8,11-16H2/t17-/m0/s1. The van der Waals surface area contributed by atoms with Crippen LogP contribution in [0.1, 0.15) is 24.8 Å². The van der Waals surface area contributed by atoms with Crippen molar-refractivity contribution in [3.05, 3.63) is 61.2 Å². The maximum atomic E-state index is 12.2. The molecule has 1 saturated heterocycles. The zero-order valence-electron chi connectivity index (χ0n) is 15.1. The zero-order valence-corrected chi connectivity index (χ0v) is 15.1. The highest BCUT2D eigenvalue weighted by Crippen LogP contribution is 2.20. The molecule has 1 aromatic rings. The first-order valence-electron chi connectivity index (χ1n) is 8.99. The highest BCUT2D eigenvalue weighted by atomic mass is 16.6. The number of carbonyl (C=O) groups is 2. The molecule has 1 heterocycles. The number of ether oxygens (including phenoxy) is 2. The summed E-state index contributed by atoms with van der Waals surface area (Å²) in [5.74, 6) is -0.259. The van der Waals surface area contributed by atoms with Crippen molar-refractivity contribution in [2.24, 2.45) is 11.8 Å². The molecule has 1 amide bonds. The van der Waals surface area contributed by atoms with Gasteiger partial charge in [0.2, 0.25) is 0 Å². The minimum absolute atomic E-state index is 0.101. The summed E-state index contributed by atoms with van der Waals surface area (Å²) < 4.78 is 10.7. The normalized spacial score (nSPS) is 15.8. The zero-order chi connectivity index (χ0) is 18.8. The Bertz CT molecular complexity index is 606. The van der Waals surface area contributed by atoms with Crippen LogP contribution in [0, 0.1) is 11.8 Å². The quantitative estimate of drug-likeness (QED) is 0.522. The molecular formula is C21H27NO4. The summed E-state index contributed by atoms with van der Waals surface area (Å²) in [7, 11) is 0. The molecule has 0 saturated carbocycles. The topological polar surface area (TPSA) is 55.8 Å². The van der Waals surface area contributed by atoms with Crippen molar-refractivity contribution in [3.8, 4) is 0 Å². The SMILES string of the molecule is C=CC[C@H](C=C)COC(=O)C1CCN(C(=O)OCc2ccccc2)CC1. The van der Waals surface area contributed by atoms with Crippen LogP contribution in [0.5, 0.6) is 0 Å². The smallest absolute Gasteiger partial charge is 0.410 e. The molecular weight excluding hydrogens is 330 g/mol. The summed E-state index contributed by atoms with van der Waals surface area (Å²) in [5, 5.41) is 0. The van der Waals surface area contributed by atoms with Crippen molar-refractivity contribution < 1.29 is 19.1 Å². The van der Waals surface area contributed by atoms with Crippen molar-refractivity contribution in [1.82, 2.24) is 4.90 Å². The van der Waals surface area contributed by atoms with E-state index in [1.54, 1.807) is 17.1 Å². The second-order valence-electron chi connectivity index (χ2n) is 6.45. The van der Waals surface area contributed by atoms with Crippen molar-refractivity contribution in [1.29, 1.82) is 0 Å². The second kappa shape index (κ2) is 10.4. The lowest BCUT2D eigenvalue weighted by Gasteiger charge is -2.30. The molecule has 0 bridgehead atoms. The first-order chi connectivity index (χ1) is 12.6. The maximum Gasteiger partial charge on any atom is 0.410 e. The van der Waals surface area contributed by atoms with Gasteiger partial charge in [-0.25, -0.2) is 4.79 Å². The largest absolute Gasteiger partial charge is 0.465 e. The van der Waals surface area contributed by atoms with Crippen LogP contribution < -0.4 is 0 Å². The van der Waals surface area contributed by atoms with Crippen molar-refractivity contribution in [2.45, 2.75) is 25.9 Å². The molecule has 0 radical (unpaired) electrons. The Morgan fingerprint density at radius 3 is 2.46 bits per heavy atom. The van der Waals surface area contributed by atoms with E-state index in [4.69, 9.17) is 9.47 Å². The molecule has 0 aromatic heterocycles. The van der Waals surface area contributed by atoms with Gasteiger partial charge in [0.1, 0.15) is 6.61 Å². The van der Waals surface area contributed by atoms with Crippen molar-refractivity contribution in [2.75, 3.05) is 19.7 Å². The summed E-state index contributed by atoms with van der Waals surface area (Å²) in [5.41, 5.74) is 0.954. The predicted octanol–water partition coefficient (Wildman–Crippen LogP) is 3.96. The number of rotatable bonds is 8. The van der Waals surface area contributed by atoms with E-state index in [0.29, 0.717) is 32.5 Å². The number of hydrogen-bond acceptors (Lipinski definition) is 4. The van der Waals surface area contributed by atoms with Gasteiger partial charge >= 0.3 is 12.1 Å². The van der Waals surface area contributed by atoms with Crippen LogP contribution in [-0.2, 0) is 20.9 Å². The van der Waals surface area contributed by atoms with Gasteiger partial charge in [-0.3, -0.25) is 4.79 Å². The second-order valence-corrected chi connectivity index (χ2v) is 6.45. The predicted molar refractivity (Wildman–Crippen MR) is 100 cm³/mol. The minimum Gasteiger partial charge on any atom is -0.465 e. The monoisotopic (exact) mass is 357 g/mol. The highest BCUT2D eigenvalue weighted by Gasteiger charge is 2.29. The summed E-state index contributed by atoms with van der Waals surface area (Å²) in [4.78, 5) is 26.0. The molecule has 0 unspecified atom stereocenters. The Morgan fingerprint density at radius 2 is 1.85 bits per heavy atom. The van der Waals surface area contributed by atoms with E-state index >= 15 is 0 Å². The fourth-order valence-electron chi connectivity index (χ4n) is 2.86. The summed E-state index contributed by atoms with van der Waals surface area (Å²) in [6.45, 7) is 9.02. The van der Waals surface area contributed by atoms with E-state index in [9.17, 15) is 9.59 Å². The molecule has 1 atom stereocenters. The van der Waals surface area contributed by atoms with Crippen LogP contribution >= 0.6 is 0 Å². The minimum atomic E-state index is -0.335. The molecule has 1 aliphatic heterocycles. The summed E-state index contributed by atoms with van der Waals surface area (Å²) >= 11 is 0. The number of amides is 1. The number of esters is 1. The number of hydrogen-bond donors (Lipinski definition) is 0. The summed E-state index contributed by atoms with van der Waals surface area (Å²) in [6, 6.07) is 9.57. The number of benzene rings is 1. The van der Waals surface area contributed by atoms with E-state index in [1.165, 1.54) is 0 Å². The number of likely N-dealkylation sites (tertiary alicyclic amines) is 1. The average molecular weight is 357 g/mol. The van der Waals surface area contributed by atoms with Gasteiger partial charge < -0.3 is 14.4 Å².